The Morgan fingerprint density at radius 1 is 1.08 bits per heavy atom. The van der Waals surface area contributed by atoms with E-state index in [1.807, 2.05) is 27.7 Å². The van der Waals surface area contributed by atoms with Crippen LogP contribution in [0.1, 0.15) is 91.9 Å². The number of methoxy groups -OCH3 is 1. The van der Waals surface area contributed by atoms with Crippen molar-refractivity contribution in [1.29, 1.82) is 0 Å². The Hall–Kier alpha value is -0.170. The Morgan fingerprint density at radius 3 is 2.08 bits per heavy atom. The van der Waals surface area contributed by atoms with Crippen LogP contribution in [-0.4, -0.2) is 36.4 Å². The average Bonchev–Trinajstić information content (AvgIpc) is 2.63. The minimum atomic E-state index is 0.0544. The smallest absolute Gasteiger partial charge is 0.220 e. The van der Waals surface area contributed by atoms with Crippen LogP contribution in [0.5, 0.6) is 0 Å². The number of unbranched alkanes of at least 4 members (excludes halogenated alkanes) is 4. The fraction of sp³-hybridized carbons (Fsp3) is 0.900. The van der Waals surface area contributed by atoms with Gasteiger partial charge in [0.25, 0.3) is 0 Å². The van der Waals surface area contributed by atoms with Gasteiger partial charge in [-0.25, -0.2) is 0 Å². The Labute approximate surface area is 170 Å². The van der Waals surface area contributed by atoms with E-state index >= 15 is 0 Å². The molecule has 0 bridgehead atoms. The monoisotopic (exact) mass is 471 g/mol. The first-order valence-electron chi connectivity index (χ1n) is 10.0. The number of alkyl halides is 1. The predicted octanol–water partition coefficient (Wildman–Crippen LogP) is 5.70. The summed E-state index contributed by atoms with van der Waals surface area (Å²) in [6, 6.07) is 0. The van der Waals surface area contributed by atoms with Crippen LogP contribution in [0.4, 0.5) is 0 Å². The van der Waals surface area contributed by atoms with Gasteiger partial charge in [0.05, 0.1) is 0 Å². The molecule has 0 aliphatic heterocycles. The van der Waals surface area contributed by atoms with Gasteiger partial charge in [-0.1, -0.05) is 69.5 Å². The van der Waals surface area contributed by atoms with Crippen molar-refractivity contribution in [1.82, 2.24) is 5.32 Å². The number of carbonyl (C=O) groups excluding carboxylic acids is 2. The summed E-state index contributed by atoms with van der Waals surface area (Å²) in [5.41, 5.74) is 0. The topological polar surface area (TPSA) is 55.4 Å². The van der Waals surface area contributed by atoms with Gasteiger partial charge in [0, 0.05) is 37.0 Å². The minimum Gasteiger partial charge on any atom is -0.385 e. The summed E-state index contributed by atoms with van der Waals surface area (Å²) in [5, 5.41) is 2.85. The first-order chi connectivity index (χ1) is 12.2. The lowest BCUT2D eigenvalue weighted by molar-refractivity contribution is -0.121. The van der Waals surface area contributed by atoms with E-state index in [2.05, 4.69) is 27.9 Å². The van der Waals surface area contributed by atoms with Crippen LogP contribution in [0.2, 0.25) is 0 Å². The molecule has 1 aliphatic rings. The molecule has 1 amide bonds. The minimum absolute atomic E-state index is 0.0544. The highest BCUT2D eigenvalue weighted by molar-refractivity contribution is 14.1. The summed E-state index contributed by atoms with van der Waals surface area (Å²) in [7, 11) is 1.71. The third-order valence-corrected chi connectivity index (χ3v) is 4.60. The Morgan fingerprint density at radius 2 is 1.64 bits per heavy atom. The normalized spacial score (nSPS) is 12.1. The molecule has 0 atom stereocenters. The summed E-state index contributed by atoms with van der Waals surface area (Å²) in [5.74, 6) is 0.0544. The van der Waals surface area contributed by atoms with Crippen LogP contribution in [0.15, 0.2) is 0 Å². The van der Waals surface area contributed by atoms with E-state index in [9.17, 15) is 9.59 Å². The highest BCUT2D eigenvalue weighted by Gasteiger charge is 2.11. The Kier molecular flexibility index (Phi) is 33.9. The second-order valence-electron chi connectivity index (χ2n) is 5.34. The summed E-state index contributed by atoms with van der Waals surface area (Å²) in [6.07, 6.45) is 11.2. The van der Waals surface area contributed by atoms with Crippen molar-refractivity contribution in [3.05, 3.63) is 0 Å². The van der Waals surface area contributed by atoms with Gasteiger partial charge < -0.3 is 14.8 Å². The molecule has 0 saturated heterocycles. The van der Waals surface area contributed by atoms with E-state index in [1.165, 1.54) is 19.3 Å². The number of amides is 1. The van der Waals surface area contributed by atoms with E-state index in [0.717, 1.165) is 49.0 Å². The van der Waals surface area contributed by atoms with Gasteiger partial charge in [-0.3, -0.25) is 4.79 Å². The van der Waals surface area contributed by atoms with E-state index in [-0.39, 0.29) is 5.91 Å². The number of aldehydes is 1. The van der Waals surface area contributed by atoms with Crippen molar-refractivity contribution >= 4 is 34.8 Å². The molecule has 0 aromatic rings. The zero-order valence-electron chi connectivity index (χ0n) is 17.2. The lowest BCUT2D eigenvalue weighted by atomic mass is 10.0. The van der Waals surface area contributed by atoms with Gasteiger partial charge in [0.2, 0.25) is 5.91 Å². The molecular formula is C20H42INO3. The van der Waals surface area contributed by atoms with Gasteiger partial charge in [-0.05, 0) is 32.1 Å². The van der Waals surface area contributed by atoms with Crippen molar-refractivity contribution in [3.8, 4) is 0 Å². The molecule has 0 unspecified atom stereocenters. The fourth-order valence-electron chi connectivity index (χ4n) is 1.75. The predicted molar refractivity (Wildman–Crippen MR) is 118 cm³/mol. The van der Waals surface area contributed by atoms with Crippen LogP contribution in [0, 0.1) is 0 Å². The van der Waals surface area contributed by atoms with Gasteiger partial charge in [0.15, 0.2) is 0 Å². The highest BCUT2D eigenvalue weighted by Crippen LogP contribution is 2.25. The van der Waals surface area contributed by atoms with Crippen LogP contribution >= 0.6 is 22.6 Å². The second kappa shape index (κ2) is 28.6. The molecule has 25 heavy (non-hydrogen) atoms. The summed E-state index contributed by atoms with van der Waals surface area (Å²) in [4.78, 5) is 21.2. The Bertz CT molecular complexity index is 259. The first kappa shape index (κ1) is 29.6. The van der Waals surface area contributed by atoms with Crippen molar-refractivity contribution in [2.45, 2.75) is 95.8 Å². The van der Waals surface area contributed by atoms with Crippen molar-refractivity contribution in [2.24, 2.45) is 0 Å². The molecule has 0 aromatic heterocycles. The molecule has 5 heteroatoms. The van der Waals surface area contributed by atoms with Crippen LogP contribution in [0.25, 0.3) is 0 Å². The third-order valence-electron chi connectivity index (χ3n) is 3.36. The first-order valence-corrected chi connectivity index (χ1v) is 11.3. The lowest BCUT2D eigenvalue weighted by Gasteiger charge is -2.16. The number of nitrogens with one attached hydrogen (secondary N) is 1. The largest absolute Gasteiger partial charge is 0.385 e. The Balaban J connectivity index is -0.000000441. The zero-order valence-corrected chi connectivity index (χ0v) is 19.4. The molecule has 0 aromatic carbocycles. The molecule has 1 fully saturated rings. The van der Waals surface area contributed by atoms with Crippen molar-refractivity contribution in [3.63, 3.8) is 0 Å². The maximum atomic E-state index is 11.2. The SMILES string of the molecule is CC.CC.COCCCCCCNC(=O)CCCC=O.IC1CCC1. The maximum Gasteiger partial charge on any atom is 0.220 e. The number of hydrogen-bond donors (Lipinski definition) is 1. The van der Waals surface area contributed by atoms with Gasteiger partial charge >= 0.3 is 0 Å². The quantitative estimate of drug-likeness (QED) is 0.182. The second-order valence-corrected chi connectivity index (χ2v) is 7.11. The maximum absolute atomic E-state index is 11.2. The number of hydrogen-bond acceptors (Lipinski definition) is 3. The number of ether oxygens (including phenoxy) is 1. The summed E-state index contributed by atoms with van der Waals surface area (Å²) in [6.45, 7) is 9.56. The summed E-state index contributed by atoms with van der Waals surface area (Å²) >= 11 is 2.49. The molecular weight excluding hydrogens is 429 g/mol. The van der Waals surface area contributed by atoms with Crippen LogP contribution in [-0.2, 0) is 14.3 Å². The summed E-state index contributed by atoms with van der Waals surface area (Å²) < 4.78 is 5.98. The third kappa shape index (κ3) is 28.9. The number of rotatable bonds is 11. The van der Waals surface area contributed by atoms with Crippen LogP contribution < -0.4 is 5.32 Å². The fourth-order valence-corrected chi connectivity index (χ4v) is 2.63. The number of carbonyl (C=O) groups is 2. The molecule has 0 radical (unpaired) electrons. The zero-order chi connectivity index (χ0) is 19.8. The lowest BCUT2D eigenvalue weighted by Crippen LogP contribution is -2.23. The molecule has 1 rings (SSSR count). The van der Waals surface area contributed by atoms with E-state index in [0.29, 0.717) is 19.3 Å². The molecule has 1 saturated carbocycles. The van der Waals surface area contributed by atoms with Crippen molar-refractivity contribution in [2.75, 3.05) is 20.3 Å². The van der Waals surface area contributed by atoms with Gasteiger partial charge in [0.1, 0.15) is 6.29 Å². The average molecular weight is 471 g/mol. The number of halogens is 1. The van der Waals surface area contributed by atoms with Gasteiger partial charge in [-0.2, -0.15) is 0 Å². The van der Waals surface area contributed by atoms with E-state index in [4.69, 9.17) is 4.74 Å². The van der Waals surface area contributed by atoms with E-state index in [1.54, 1.807) is 7.11 Å². The molecule has 0 heterocycles. The van der Waals surface area contributed by atoms with Crippen LogP contribution in [0.3, 0.4) is 0 Å². The van der Waals surface area contributed by atoms with Gasteiger partial charge in [-0.15, -0.1) is 0 Å². The molecule has 0 spiro atoms. The van der Waals surface area contributed by atoms with E-state index < -0.39 is 0 Å². The van der Waals surface area contributed by atoms with Crippen molar-refractivity contribution < 1.29 is 14.3 Å². The molecule has 152 valence electrons. The molecule has 1 N–H and O–H groups in total. The highest BCUT2D eigenvalue weighted by atomic mass is 127. The molecule has 4 nitrogen and oxygen atoms in total. The molecule has 1 aliphatic carbocycles. The standard InChI is InChI=1S/C12H23NO3.C4H7I.2C2H6/c1-16-11-7-3-2-5-9-13-12(15)8-4-6-10-14;5-4-2-1-3-4;2*1-2/h10H,2-9,11H2,1H3,(H,13,15);4H,1-3H2;2*1-2H3.